The number of ether oxygens (including phenoxy) is 1. The van der Waals surface area contributed by atoms with Crippen LogP contribution in [0.5, 0.6) is 0 Å². The van der Waals surface area contributed by atoms with E-state index in [2.05, 4.69) is 15.2 Å². The molecule has 1 atom stereocenters. The van der Waals surface area contributed by atoms with E-state index in [1.54, 1.807) is 11.3 Å². The molecule has 1 N–H and O–H groups in total. The highest BCUT2D eigenvalue weighted by Gasteiger charge is 2.24. The van der Waals surface area contributed by atoms with E-state index >= 15 is 0 Å². The smallest absolute Gasteiger partial charge is 0.236 e. The standard InChI is InChI=1S/C15H18N4O2S2/c1-11(14(20)19-6-8-21-9-7-19)23-15-16-13(17-18-15)5-4-12-3-2-10-22-12/h2-5,10-11H,6-9H2,1H3,(H,16,17,18)/b5-4+. The SMILES string of the molecule is CC(Sc1n[nH]c(/C=C/c2cccs2)n1)C(=O)N1CCOCC1. The quantitative estimate of drug-likeness (QED) is 0.838. The highest BCUT2D eigenvalue weighted by molar-refractivity contribution is 8.00. The van der Waals surface area contributed by atoms with Crippen molar-refractivity contribution >= 4 is 41.2 Å². The third-order valence-electron chi connectivity index (χ3n) is 3.38. The minimum Gasteiger partial charge on any atom is -0.378 e. The van der Waals surface area contributed by atoms with Crippen molar-refractivity contribution in [2.24, 2.45) is 0 Å². The van der Waals surface area contributed by atoms with Crippen molar-refractivity contribution in [2.75, 3.05) is 26.3 Å². The summed E-state index contributed by atoms with van der Waals surface area (Å²) in [6.07, 6.45) is 3.87. The van der Waals surface area contributed by atoms with Gasteiger partial charge in [-0.2, -0.15) is 0 Å². The molecule has 1 saturated heterocycles. The lowest BCUT2D eigenvalue weighted by Crippen LogP contribution is -2.44. The highest BCUT2D eigenvalue weighted by atomic mass is 32.2. The number of amides is 1. The maximum atomic E-state index is 12.4. The van der Waals surface area contributed by atoms with Crippen LogP contribution in [0.25, 0.3) is 12.2 Å². The van der Waals surface area contributed by atoms with Crippen molar-refractivity contribution in [2.45, 2.75) is 17.3 Å². The van der Waals surface area contributed by atoms with Gasteiger partial charge in [-0.05, 0) is 30.5 Å². The molecule has 8 heteroatoms. The van der Waals surface area contributed by atoms with Gasteiger partial charge in [-0.25, -0.2) is 4.98 Å². The molecule has 6 nitrogen and oxygen atoms in total. The van der Waals surface area contributed by atoms with Gasteiger partial charge in [0.05, 0.1) is 18.5 Å². The second-order valence-corrected chi connectivity index (χ2v) is 7.34. The molecular weight excluding hydrogens is 332 g/mol. The molecule has 1 aliphatic heterocycles. The molecule has 2 aromatic heterocycles. The summed E-state index contributed by atoms with van der Waals surface area (Å²) < 4.78 is 5.27. The Kier molecular flexibility index (Phi) is 5.47. The minimum atomic E-state index is -0.210. The van der Waals surface area contributed by atoms with Gasteiger partial charge in [0.25, 0.3) is 0 Å². The van der Waals surface area contributed by atoms with Gasteiger partial charge in [0.2, 0.25) is 11.1 Å². The van der Waals surface area contributed by atoms with E-state index in [9.17, 15) is 4.79 Å². The second-order valence-electron chi connectivity index (χ2n) is 5.05. The van der Waals surface area contributed by atoms with Gasteiger partial charge in [-0.3, -0.25) is 9.89 Å². The maximum Gasteiger partial charge on any atom is 0.236 e. The van der Waals surface area contributed by atoms with Crippen LogP contribution in [-0.2, 0) is 9.53 Å². The molecule has 0 radical (unpaired) electrons. The molecule has 0 aliphatic carbocycles. The van der Waals surface area contributed by atoms with E-state index in [0.29, 0.717) is 37.3 Å². The molecule has 23 heavy (non-hydrogen) atoms. The third kappa shape index (κ3) is 4.43. The average molecular weight is 350 g/mol. The fraction of sp³-hybridized carbons (Fsp3) is 0.400. The van der Waals surface area contributed by atoms with Gasteiger partial charge in [0, 0.05) is 18.0 Å². The lowest BCUT2D eigenvalue weighted by Gasteiger charge is -2.28. The molecule has 3 heterocycles. The molecule has 0 saturated carbocycles. The Morgan fingerprint density at radius 1 is 1.48 bits per heavy atom. The molecule has 3 rings (SSSR count). The second kappa shape index (κ2) is 7.76. The Hall–Kier alpha value is -1.64. The first kappa shape index (κ1) is 16.2. The number of rotatable bonds is 5. The molecule has 0 bridgehead atoms. The number of aromatic nitrogens is 3. The zero-order valence-corrected chi connectivity index (χ0v) is 14.4. The number of nitrogens with zero attached hydrogens (tertiary/aromatic N) is 3. The van der Waals surface area contributed by atoms with Gasteiger partial charge < -0.3 is 9.64 Å². The number of morpholine rings is 1. The van der Waals surface area contributed by atoms with Crippen molar-refractivity contribution in [1.29, 1.82) is 0 Å². The normalized spacial score (nSPS) is 16.8. The number of aromatic amines is 1. The molecular formula is C15H18N4O2S2. The summed E-state index contributed by atoms with van der Waals surface area (Å²) in [6.45, 7) is 4.43. The largest absolute Gasteiger partial charge is 0.378 e. The fourth-order valence-corrected chi connectivity index (χ4v) is 3.62. The Morgan fingerprint density at radius 3 is 3.04 bits per heavy atom. The number of H-pyrrole nitrogens is 1. The number of nitrogens with one attached hydrogen (secondary N) is 1. The van der Waals surface area contributed by atoms with Crippen LogP contribution in [0.2, 0.25) is 0 Å². The Balaban J connectivity index is 1.56. The number of hydrogen-bond acceptors (Lipinski definition) is 6. The molecule has 122 valence electrons. The predicted octanol–water partition coefficient (Wildman–Crippen LogP) is 2.38. The van der Waals surface area contributed by atoms with E-state index in [4.69, 9.17) is 4.74 Å². The summed E-state index contributed by atoms with van der Waals surface area (Å²) in [5, 5.41) is 9.46. The van der Waals surface area contributed by atoms with Gasteiger partial charge in [-0.15, -0.1) is 16.4 Å². The van der Waals surface area contributed by atoms with Crippen LogP contribution in [-0.4, -0.2) is 57.5 Å². The zero-order chi connectivity index (χ0) is 16.1. The summed E-state index contributed by atoms with van der Waals surface area (Å²) in [7, 11) is 0. The van der Waals surface area contributed by atoms with Crippen molar-refractivity contribution in [1.82, 2.24) is 20.1 Å². The molecule has 0 aromatic carbocycles. The number of thioether (sulfide) groups is 1. The van der Waals surface area contributed by atoms with Gasteiger partial charge in [0.1, 0.15) is 5.82 Å². The van der Waals surface area contributed by atoms with Crippen LogP contribution in [0.3, 0.4) is 0 Å². The van der Waals surface area contributed by atoms with Gasteiger partial charge in [-0.1, -0.05) is 17.8 Å². The lowest BCUT2D eigenvalue weighted by atomic mass is 10.3. The summed E-state index contributed by atoms with van der Waals surface area (Å²) in [5.41, 5.74) is 0. The van der Waals surface area contributed by atoms with Crippen molar-refractivity contribution in [3.8, 4) is 0 Å². The van der Waals surface area contributed by atoms with Crippen LogP contribution in [0, 0.1) is 0 Å². The topological polar surface area (TPSA) is 71.1 Å². The first-order valence-corrected chi connectivity index (χ1v) is 9.15. The predicted molar refractivity (Wildman–Crippen MR) is 92.3 cm³/mol. The fourth-order valence-electron chi connectivity index (χ4n) is 2.18. The molecule has 1 fully saturated rings. The molecule has 0 spiro atoms. The first-order chi connectivity index (χ1) is 11.2. The van der Waals surface area contributed by atoms with Crippen LogP contribution in [0.4, 0.5) is 0 Å². The molecule has 1 unspecified atom stereocenters. The van der Waals surface area contributed by atoms with Crippen LogP contribution < -0.4 is 0 Å². The summed E-state index contributed by atoms with van der Waals surface area (Å²) >= 11 is 3.04. The van der Waals surface area contributed by atoms with E-state index in [1.165, 1.54) is 11.8 Å². The number of carbonyl (C=O) groups is 1. The summed E-state index contributed by atoms with van der Waals surface area (Å²) in [4.78, 5) is 19.8. The number of thiophene rings is 1. The minimum absolute atomic E-state index is 0.110. The Bertz CT molecular complexity index is 663. The summed E-state index contributed by atoms with van der Waals surface area (Å²) in [5.74, 6) is 0.797. The average Bonchev–Trinajstić information content (AvgIpc) is 3.24. The van der Waals surface area contributed by atoms with Crippen LogP contribution in [0.1, 0.15) is 17.6 Å². The van der Waals surface area contributed by atoms with Crippen molar-refractivity contribution in [3.63, 3.8) is 0 Å². The van der Waals surface area contributed by atoms with Crippen molar-refractivity contribution in [3.05, 3.63) is 28.2 Å². The molecule has 1 aliphatic rings. The highest BCUT2D eigenvalue weighted by Crippen LogP contribution is 2.22. The Labute approximate surface area is 142 Å². The Morgan fingerprint density at radius 2 is 2.30 bits per heavy atom. The first-order valence-electron chi connectivity index (χ1n) is 7.39. The number of carbonyl (C=O) groups excluding carboxylic acids is 1. The van der Waals surface area contributed by atoms with E-state index < -0.39 is 0 Å². The van der Waals surface area contributed by atoms with E-state index in [0.717, 1.165) is 4.88 Å². The maximum absolute atomic E-state index is 12.4. The lowest BCUT2D eigenvalue weighted by molar-refractivity contribution is -0.134. The van der Waals surface area contributed by atoms with Crippen LogP contribution >= 0.6 is 23.1 Å². The molecule has 1 amide bonds. The monoisotopic (exact) mass is 350 g/mol. The zero-order valence-electron chi connectivity index (χ0n) is 12.8. The van der Waals surface area contributed by atoms with Gasteiger partial charge in [0.15, 0.2) is 0 Å². The van der Waals surface area contributed by atoms with Gasteiger partial charge >= 0.3 is 0 Å². The van der Waals surface area contributed by atoms with E-state index in [1.807, 2.05) is 41.5 Å². The van der Waals surface area contributed by atoms with Crippen LogP contribution in [0.15, 0.2) is 22.7 Å². The van der Waals surface area contributed by atoms with Crippen molar-refractivity contribution < 1.29 is 9.53 Å². The third-order valence-corrected chi connectivity index (χ3v) is 5.17. The number of hydrogen-bond donors (Lipinski definition) is 1. The van der Waals surface area contributed by atoms with E-state index in [-0.39, 0.29) is 11.2 Å². The summed E-state index contributed by atoms with van der Waals surface area (Å²) in [6, 6.07) is 4.04. The molecule has 2 aromatic rings.